The maximum absolute atomic E-state index is 13.4. The van der Waals surface area contributed by atoms with E-state index in [0.717, 1.165) is 6.42 Å². The molecule has 0 aromatic heterocycles. The summed E-state index contributed by atoms with van der Waals surface area (Å²) in [4.78, 5) is 0. The third-order valence-electron chi connectivity index (χ3n) is 4.72. The first-order valence-corrected chi connectivity index (χ1v) is 7.37. The summed E-state index contributed by atoms with van der Waals surface area (Å²) >= 11 is 0. The molecule has 1 saturated heterocycles. The highest BCUT2D eigenvalue weighted by molar-refractivity contribution is 5.11. The zero-order chi connectivity index (χ0) is 14.0. The van der Waals surface area contributed by atoms with Gasteiger partial charge in [-0.05, 0) is 24.2 Å². The lowest BCUT2D eigenvalue weighted by molar-refractivity contribution is 0.0121. The minimum Gasteiger partial charge on any atom is -0.380 e. The van der Waals surface area contributed by atoms with Crippen LogP contribution in [0.1, 0.15) is 53.9 Å². The van der Waals surface area contributed by atoms with Crippen LogP contribution < -0.4 is 0 Å². The smallest absolute Gasteiger partial charge is 0.256 e. The second kappa shape index (κ2) is 5.85. The van der Waals surface area contributed by atoms with Crippen molar-refractivity contribution in [1.82, 2.24) is 0 Å². The van der Waals surface area contributed by atoms with Crippen LogP contribution in [0.15, 0.2) is 0 Å². The number of ether oxygens (including phenoxy) is 1. The molecule has 4 atom stereocenters. The molecular weight excluding hydrogens is 234 g/mol. The number of rotatable bonds is 2. The van der Waals surface area contributed by atoms with Gasteiger partial charge >= 0.3 is 0 Å². The number of alkyl halides is 2. The van der Waals surface area contributed by atoms with Crippen molar-refractivity contribution in [3.63, 3.8) is 0 Å². The van der Waals surface area contributed by atoms with E-state index in [4.69, 9.17) is 4.74 Å². The van der Waals surface area contributed by atoms with Gasteiger partial charge in [0.25, 0.3) is 5.92 Å². The summed E-state index contributed by atoms with van der Waals surface area (Å²) < 4.78 is 32.2. The second-order valence-corrected chi connectivity index (χ2v) is 5.91. The highest BCUT2D eigenvalue weighted by Gasteiger charge is 2.71. The monoisotopic (exact) mass is 262 g/mol. The van der Waals surface area contributed by atoms with Gasteiger partial charge in [0.05, 0.1) is 12.0 Å². The van der Waals surface area contributed by atoms with E-state index in [1.807, 2.05) is 13.8 Å². The van der Waals surface area contributed by atoms with Crippen LogP contribution in [-0.2, 0) is 4.74 Å². The Bertz CT molecular complexity index is 267. The van der Waals surface area contributed by atoms with Crippen molar-refractivity contribution in [2.45, 2.75) is 59.8 Å². The Labute approximate surface area is 110 Å². The van der Waals surface area contributed by atoms with Gasteiger partial charge in [0, 0.05) is 13.0 Å². The molecule has 0 bridgehead atoms. The molecule has 3 heteroatoms. The standard InChI is InChI=1S/C13H22F2O.C2H6/c1-4-9(2)11-6-16-8-12(5-10(11)3)7-13(12,14)15;1-2/h9-11H,4-8H2,1-3H3;1-2H3. The van der Waals surface area contributed by atoms with Crippen LogP contribution >= 0.6 is 0 Å². The maximum Gasteiger partial charge on any atom is 0.256 e. The number of hydrogen-bond acceptors (Lipinski definition) is 1. The topological polar surface area (TPSA) is 9.23 Å². The zero-order valence-corrected chi connectivity index (χ0v) is 12.4. The van der Waals surface area contributed by atoms with Crippen molar-refractivity contribution in [3.05, 3.63) is 0 Å². The fraction of sp³-hybridized carbons (Fsp3) is 1.00. The van der Waals surface area contributed by atoms with Gasteiger partial charge in [-0.25, -0.2) is 8.78 Å². The lowest BCUT2D eigenvalue weighted by atomic mass is 9.78. The average molecular weight is 262 g/mol. The number of hydrogen-bond donors (Lipinski definition) is 0. The largest absolute Gasteiger partial charge is 0.380 e. The summed E-state index contributed by atoms with van der Waals surface area (Å²) in [6.45, 7) is 11.4. The van der Waals surface area contributed by atoms with Crippen LogP contribution in [0.2, 0.25) is 0 Å². The molecule has 1 nitrogen and oxygen atoms in total. The van der Waals surface area contributed by atoms with Crippen molar-refractivity contribution < 1.29 is 13.5 Å². The Balaban J connectivity index is 0.000000771. The predicted molar refractivity (Wildman–Crippen MR) is 70.9 cm³/mol. The summed E-state index contributed by atoms with van der Waals surface area (Å²) in [6, 6.07) is 0. The predicted octanol–water partition coefficient (Wildman–Crippen LogP) is 4.76. The van der Waals surface area contributed by atoms with Crippen molar-refractivity contribution in [2.75, 3.05) is 13.2 Å². The van der Waals surface area contributed by atoms with Crippen LogP contribution in [0.4, 0.5) is 8.78 Å². The molecule has 0 aromatic carbocycles. The Morgan fingerprint density at radius 2 is 1.89 bits per heavy atom. The van der Waals surface area contributed by atoms with Crippen LogP contribution in [0.5, 0.6) is 0 Å². The third kappa shape index (κ3) is 2.87. The fourth-order valence-electron chi connectivity index (χ4n) is 3.17. The molecule has 0 N–H and O–H groups in total. The lowest BCUT2D eigenvalue weighted by Gasteiger charge is -2.27. The van der Waals surface area contributed by atoms with Gasteiger partial charge in [0.2, 0.25) is 0 Å². The van der Waals surface area contributed by atoms with Crippen molar-refractivity contribution in [3.8, 4) is 0 Å². The molecule has 4 unspecified atom stereocenters. The van der Waals surface area contributed by atoms with E-state index < -0.39 is 11.3 Å². The average Bonchev–Trinajstić information content (AvgIpc) is 2.92. The molecule has 2 rings (SSSR count). The van der Waals surface area contributed by atoms with E-state index in [1.165, 1.54) is 0 Å². The Morgan fingerprint density at radius 1 is 1.33 bits per heavy atom. The Hall–Kier alpha value is -0.180. The SMILES string of the molecule is CC.CCC(C)C1COCC2(CC1C)CC2(F)F. The summed E-state index contributed by atoms with van der Waals surface area (Å²) in [5.74, 6) is -1.10. The molecule has 1 saturated carbocycles. The minimum absolute atomic E-state index is 0.0393. The summed E-state index contributed by atoms with van der Waals surface area (Å²) in [5.41, 5.74) is -0.811. The molecule has 1 spiro atoms. The Kier molecular flexibility index (Phi) is 5.16. The zero-order valence-electron chi connectivity index (χ0n) is 12.4. The van der Waals surface area contributed by atoms with Gasteiger partial charge in [-0.1, -0.05) is 41.0 Å². The van der Waals surface area contributed by atoms with Crippen LogP contribution in [-0.4, -0.2) is 19.1 Å². The summed E-state index contributed by atoms with van der Waals surface area (Å²) in [5, 5.41) is 0. The van der Waals surface area contributed by atoms with Crippen LogP contribution in [0.25, 0.3) is 0 Å². The van der Waals surface area contributed by atoms with E-state index in [-0.39, 0.29) is 13.0 Å². The van der Waals surface area contributed by atoms with Gasteiger partial charge in [0.15, 0.2) is 0 Å². The highest BCUT2D eigenvalue weighted by atomic mass is 19.3. The van der Waals surface area contributed by atoms with E-state index in [1.54, 1.807) is 0 Å². The number of halogens is 2. The van der Waals surface area contributed by atoms with E-state index in [2.05, 4.69) is 20.8 Å². The lowest BCUT2D eigenvalue weighted by Crippen LogP contribution is -2.23. The molecule has 0 amide bonds. The molecule has 108 valence electrons. The molecule has 1 aliphatic carbocycles. The molecule has 2 aliphatic rings. The van der Waals surface area contributed by atoms with E-state index in [9.17, 15) is 8.78 Å². The fourth-order valence-corrected chi connectivity index (χ4v) is 3.17. The molecular formula is C15H28F2O. The van der Waals surface area contributed by atoms with Gasteiger partial charge < -0.3 is 4.74 Å². The molecule has 1 heterocycles. The quantitative estimate of drug-likeness (QED) is 0.697. The first kappa shape index (κ1) is 15.9. The van der Waals surface area contributed by atoms with Gasteiger partial charge in [0.1, 0.15) is 0 Å². The molecule has 0 aromatic rings. The van der Waals surface area contributed by atoms with E-state index >= 15 is 0 Å². The normalized spacial score (nSPS) is 39.5. The van der Waals surface area contributed by atoms with Crippen LogP contribution in [0, 0.1) is 23.2 Å². The first-order chi connectivity index (χ1) is 8.42. The van der Waals surface area contributed by atoms with Crippen molar-refractivity contribution in [1.29, 1.82) is 0 Å². The maximum atomic E-state index is 13.4. The summed E-state index contributed by atoms with van der Waals surface area (Å²) in [7, 11) is 0. The Morgan fingerprint density at radius 3 is 2.33 bits per heavy atom. The third-order valence-corrected chi connectivity index (χ3v) is 4.72. The minimum atomic E-state index is -2.47. The molecule has 0 radical (unpaired) electrons. The molecule has 18 heavy (non-hydrogen) atoms. The summed E-state index contributed by atoms with van der Waals surface area (Å²) in [6.07, 6.45) is 1.77. The van der Waals surface area contributed by atoms with Crippen LogP contribution in [0.3, 0.4) is 0 Å². The molecule has 2 fully saturated rings. The first-order valence-electron chi connectivity index (χ1n) is 7.37. The van der Waals surface area contributed by atoms with Gasteiger partial charge in [-0.3, -0.25) is 0 Å². The van der Waals surface area contributed by atoms with Crippen molar-refractivity contribution in [2.24, 2.45) is 23.2 Å². The van der Waals surface area contributed by atoms with Gasteiger partial charge in [-0.15, -0.1) is 0 Å². The second-order valence-electron chi connectivity index (χ2n) is 5.91. The molecule has 1 aliphatic heterocycles. The highest BCUT2D eigenvalue weighted by Crippen LogP contribution is 2.65. The van der Waals surface area contributed by atoms with E-state index in [0.29, 0.717) is 30.8 Å². The van der Waals surface area contributed by atoms with Crippen molar-refractivity contribution >= 4 is 0 Å². The van der Waals surface area contributed by atoms with Gasteiger partial charge in [-0.2, -0.15) is 0 Å².